The Hall–Kier alpha value is -5.50. The molecule has 0 aliphatic heterocycles. The SMILES string of the molecule is CC1(C)c2ccccc2-c2c1cc(-c1ccc(-c3c4ccccc4c(-c4ccccc4)c4ccccc34)cc1)c1c2sc2ccccc21. The highest BCUT2D eigenvalue weighted by Gasteiger charge is 2.37. The number of fused-ring (bicyclic) bond motifs is 9. The van der Waals surface area contributed by atoms with E-state index >= 15 is 0 Å². The highest BCUT2D eigenvalue weighted by Crippen LogP contribution is 2.56. The van der Waals surface area contributed by atoms with E-state index in [1.54, 1.807) is 0 Å². The molecule has 1 heterocycles. The molecular weight excluding hydrogens is 597 g/mol. The summed E-state index contributed by atoms with van der Waals surface area (Å²) in [6.45, 7) is 4.78. The Bertz CT molecular complexity index is 2670. The lowest BCUT2D eigenvalue weighted by Crippen LogP contribution is -2.14. The molecule has 0 saturated carbocycles. The van der Waals surface area contributed by atoms with Gasteiger partial charge < -0.3 is 0 Å². The van der Waals surface area contributed by atoms with Crippen molar-refractivity contribution < 1.29 is 0 Å². The summed E-state index contributed by atoms with van der Waals surface area (Å²) in [7, 11) is 0. The fourth-order valence-corrected chi connectivity index (χ4v) is 9.74. The van der Waals surface area contributed by atoms with Gasteiger partial charge in [-0.1, -0.05) is 159 Å². The second-order valence-electron chi connectivity index (χ2n) is 13.6. The largest absolute Gasteiger partial charge is 0.134 e. The van der Waals surface area contributed by atoms with Crippen LogP contribution < -0.4 is 0 Å². The normalized spacial score (nSPS) is 13.4. The number of benzene rings is 8. The van der Waals surface area contributed by atoms with Gasteiger partial charge in [-0.3, -0.25) is 0 Å². The molecule has 10 rings (SSSR count). The van der Waals surface area contributed by atoms with Crippen LogP contribution in [0.4, 0.5) is 0 Å². The van der Waals surface area contributed by atoms with Crippen molar-refractivity contribution in [1.82, 2.24) is 0 Å². The highest BCUT2D eigenvalue weighted by atomic mass is 32.1. The standard InChI is InChI=1S/C47H32S/c1-47(2)39-22-12-10-20-36(39)45-40(47)28-38(44-37-21-11-13-23-41(37)48-46(44)45)29-24-26-31(27-25-29)43-34-18-8-6-16-32(34)42(30-14-4-3-5-15-30)33-17-7-9-19-35(33)43/h3-28H,1-2H3. The molecule has 0 N–H and O–H groups in total. The molecule has 1 aliphatic rings. The highest BCUT2D eigenvalue weighted by molar-refractivity contribution is 7.26. The lowest BCUT2D eigenvalue weighted by atomic mass is 9.81. The minimum atomic E-state index is -0.0662. The molecule has 0 bridgehead atoms. The van der Waals surface area contributed by atoms with Crippen LogP contribution in [0.3, 0.4) is 0 Å². The van der Waals surface area contributed by atoms with Crippen LogP contribution in [0.25, 0.3) is 86.2 Å². The number of thiophene rings is 1. The number of hydrogen-bond acceptors (Lipinski definition) is 1. The van der Waals surface area contributed by atoms with E-state index in [2.05, 4.69) is 172 Å². The molecule has 0 spiro atoms. The molecule has 0 saturated heterocycles. The first-order chi connectivity index (χ1) is 23.6. The first-order valence-corrected chi connectivity index (χ1v) is 17.6. The second kappa shape index (κ2) is 10.2. The van der Waals surface area contributed by atoms with Crippen molar-refractivity contribution in [1.29, 1.82) is 0 Å². The van der Waals surface area contributed by atoms with Gasteiger partial charge in [0.05, 0.1) is 0 Å². The van der Waals surface area contributed by atoms with Crippen LogP contribution in [0.1, 0.15) is 25.0 Å². The third-order valence-corrected chi connectivity index (χ3v) is 11.9. The Balaban J connectivity index is 1.22. The summed E-state index contributed by atoms with van der Waals surface area (Å²) in [5.41, 5.74) is 13.3. The van der Waals surface area contributed by atoms with Crippen LogP contribution in [0.5, 0.6) is 0 Å². The maximum absolute atomic E-state index is 2.51. The van der Waals surface area contributed by atoms with E-state index in [1.165, 1.54) is 97.4 Å². The number of hydrogen-bond donors (Lipinski definition) is 0. The maximum atomic E-state index is 2.51. The zero-order chi connectivity index (χ0) is 32.0. The molecule has 9 aromatic rings. The molecule has 0 atom stereocenters. The van der Waals surface area contributed by atoms with Crippen LogP contribution in [0.15, 0.2) is 158 Å². The smallest absolute Gasteiger partial charge is 0.0443 e. The van der Waals surface area contributed by atoms with Gasteiger partial charge in [0.2, 0.25) is 0 Å². The van der Waals surface area contributed by atoms with Gasteiger partial charge in [0.25, 0.3) is 0 Å². The monoisotopic (exact) mass is 628 g/mol. The van der Waals surface area contributed by atoms with Gasteiger partial charge in [-0.25, -0.2) is 0 Å². The minimum absolute atomic E-state index is 0.0662. The molecule has 1 heteroatoms. The van der Waals surface area contributed by atoms with Gasteiger partial charge in [0, 0.05) is 31.2 Å². The van der Waals surface area contributed by atoms with E-state index < -0.39 is 0 Å². The van der Waals surface area contributed by atoms with Crippen molar-refractivity contribution in [2.75, 3.05) is 0 Å². The Morgan fingerprint density at radius 2 is 0.896 bits per heavy atom. The summed E-state index contributed by atoms with van der Waals surface area (Å²) in [4.78, 5) is 0. The molecule has 226 valence electrons. The van der Waals surface area contributed by atoms with Crippen LogP contribution in [-0.2, 0) is 5.41 Å². The van der Waals surface area contributed by atoms with E-state index in [4.69, 9.17) is 0 Å². The summed E-state index contributed by atoms with van der Waals surface area (Å²) in [5.74, 6) is 0. The van der Waals surface area contributed by atoms with Gasteiger partial charge in [0.1, 0.15) is 0 Å². The van der Waals surface area contributed by atoms with Crippen molar-refractivity contribution in [2.24, 2.45) is 0 Å². The van der Waals surface area contributed by atoms with Crippen molar-refractivity contribution in [3.63, 3.8) is 0 Å². The molecule has 0 fully saturated rings. The van der Waals surface area contributed by atoms with Gasteiger partial charge in [-0.15, -0.1) is 11.3 Å². The molecule has 48 heavy (non-hydrogen) atoms. The summed E-state index contributed by atoms with van der Waals surface area (Å²) in [6, 6.07) is 58.5. The van der Waals surface area contributed by atoms with Crippen LogP contribution in [0.2, 0.25) is 0 Å². The molecule has 0 nitrogen and oxygen atoms in total. The number of rotatable bonds is 3. The van der Waals surface area contributed by atoms with Gasteiger partial charge >= 0.3 is 0 Å². The van der Waals surface area contributed by atoms with Crippen molar-refractivity contribution in [3.05, 3.63) is 169 Å². The topological polar surface area (TPSA) is 0 Å². The fraction of sp³-hybridized carbons (Fsp3) is 0.0638. The summed E-state index contributed by atoms with van der Waals surface area (Å²) >= 11 is 1.94. The van der Waals surface area contributed by atoms with E-state index in [0.29, 0.717) is 0 Å². The van der Waals surface area contributed by atoms with E-state index in [0.717, 1.165) is 0 Å². The van der Waals surface area contributed by atoms with Crippen LogP contribution in [0, 0.1) is 0 Å². The van der Waals surface area contributed by atoms with E-state index in [9.17, 15) is 0 Å². The summed E-state index contributed by atoms with van der Waals surface area (Å²) in [6.07, 6.45) is 0. The quantitative estimate of drug-likeness (QED) is 0.171. The predicted octanol–water partition coefficient (Wildman–Crippen LogP) is 13.7. The first-order valence-electron chi connectivity index (χ1n) is 16.8. The molecule has 0 amide bonds. The van der Waals surface area contributed by atoms with Gasteiger partial charge in [0.15, 0.2) is 0 Å². The molecule has 0 unspecified atom stereocenters. The average molecular weight is 629 g/mol. The van der Waals surface area contributed by atoms with Crippen molar-refractivity contribution >= 4 is 53.1 Å². The summed E-state index contributed by atoms with van der Waals surface area (Å²) < 4.78 is 2.75. The van der Waals surface area contributed by atoms with Crippen LogP contribution in [-0.4, -0.2) is 0 Å². The van der Waals surface area contributed by atoms with Gasteiger partial charge in [-0.2, -0.15) is 0 Å². The Kier molecular flexibility index (Phi) is 5.89. The fourth-order valence-electron chi connectivity index (χ4n) is 8.45. The van der Waals surface area contributed by atoms with Crippen molar-refractivity contribution in [2.45, 2.75) is 19.3 Å². The maximum Gasteiger partial charge on any atom is 0.0443 e. The average Bonchev–Trinajstić information content (AvgIpc) is 3.63. The third kappa shape index (κ3) is 3.83. The first kappa shape index (κ1) is 27.6. The lowest BCUT2D eigenvalue weighted by molar-refractivity contribution is 0.661. The third-order valence-electron chi connectivity index (χ3n) is 10.7. The second-order valence-corrected chi connectivity index (χ2v) is 14.7. The lowest BCUT2D eigenvalue weighted by Gasteiger charge is -2.22. The molecule has 1 aromatic heterocycles. The Morgan fingerprint density at radius 1 is 0.396 bits per heavy atom. The van der Waals surface area contributed by atoms with E-state index in [1.807, 2.05) is 11.3 Å². The Labute approximate surface area is 284 Å². The van der Waals surface area contributed by atoms with Crippen molar-refractivity contribution in [3.8, 4) is 44.5 Å². The Morgan fingerprint density at radius 3 is 1.54 bits per heavy atom. The summed E-state index contributed by atoms with van der Waals surface area (Å²) in [5, 5.41) is 7.85. The molecular formula is C47H32S. The van der Waals surface area contributed by atoms with Crippen LogP contribution >= 0.6 is 11.3 Å². The van der Waals surface area contributed by atoms with E-state index in [-0.39, 0.29) is 5.41 Å². The molecule has 0 radical (unpaired) electrons. The zero-order valence-electron chi connectivity index (χ0n) is 26.9. The minimum Gasteiger partial charge on any atom is -0.134 e. The molecule has 1 aliphatic carbocycles. The molecule has 8 aromatic carbocycles. The predicted molar refractivity (Wildman–Crippen MR) is 208 cm³/mol. The van der Waals surface area contributed by atoms with Gasteiger partial charge in [-0.05, 0) is 83.7 Å². The zero-order valence-corrected chi connectivity index (χ0v) is 27.7.